The Morgan fingerprint density at radius 1 is 1.22 bits per heavy atom. The van der Waals surface area contributed by atoms with Crippen molar-refractivity contribution in [1.82, 2.24) is 14.9 Å². The van der Waals surface area contributed by atoms with Crippen molar-refractivity contribution in [3.8, 4) is 6.07 Å². The van der Waals surface area contributed by atoms with E-state index in [9.17, 15) is 13.2 Å². The number of benzene rings is 1. The summed E-state index contributed by atoms with van der Waals surface area (Å²) in [6.45, 7) is 0.964. The largest absolute Gasteiger partial charge is 0.326 e. The summed E-state index contributed by atoms with van der Waals surface area (Å²) >= 11 is 0. The lowest BCUT2D eigenvalue weighted by Crippen LogP contribution is -2.69. The van der Waals surface area contributed by atoms with Crippen molar-refractivity contribution in [3.05, 3.63) is 29.8 Å². The SMILES string of the molecule is N#Cc1cccc(S(=O)(=O)NC23CC4CC(CC(NCC(=O)N5CCC[C@H]5N)(C4)C2)C3)c1. The molecular formula is C23H31N5O3S. The van der Waals surface area contributed by atoms with Crippen LogP contribution in [0, 0.1) is 23.2 Å². The predicted octanol–water partition coefficient (Wildman–Crippen LogP) is 1.42. The molecule has 4 aliphatic carbocycles. The molecule has 1 aromatic rings. The molecule has 9 heteroatoms. The molecule has 3 atom stereocenters. The van der Waals surface area contributed by atoms with Gasteiger partial charge in [0.1, 0.15) is 0 Å². The number of hydrogen-bond acceptors (Lipinski definition) is 6. The zero-order valence-corrected chi connectivity index (χ0v) is 19.0. The van der Waals surface area contributed by atoms with Crippen LogP contribution in [0.25, 0.3) is 0 Å². The van der Waals surface area contributed by atoms with Crippen molar-refractivity contribution < 1.29 is 13.2 Å². The molecular weight excluding hydrogens is 426 g/mol. The lowest BCUT2D eigenvalue weighted by molar-refractivity contribution is -0.132. The summed E-state index contributed by atoms with van der Waals surface area (Å²) in [5.74, 6) is 0.927. The number of carbonyl (C=O) groups is 1. The summed E-state index contributed by atoms with van der Waals surface area (Å²) in [6.07, 6.45) is 7.03. The summed E-state index contributed by atoms with van der Waals surface area (Å²) < 4.78 is 29.6. The average Bonchev–Trinajstić information content (AvgIpc) is 3.16. The molecule has 172 valence electrons. The molecule has 4 bridgehead atoms. The highest BCUT2D eigenvalue weighted by Crippen LogP contribution is 2.57. The van der Waals surface area contributed by atoms with E-state index in [1.54, 1.807) is 17.0 Å². The molecule has 1 aliphatic heterocycles. The average molecular weight is 458 g/mol. The molecule has 0 spiro atoms. The molecule has 1 heterocycles. The van der Waals surface area contributed by atoms with Gasteiger partial charge in [0.2, 0.25) is 15.9 Å². The molecule has 5 aliphatic rings. The summed E-state index contributed by atoms with van der Waals surface area (Å²) in [5.41, 5.74) is 5.66. The zero-order valence-electron chi connectivity index (χ0n) is 18.2. The van der Waals surface area contributed by atoms with Crippen LogP contribution in [0.3, 0.4) is 0 Å². The lowest BCUT2D eigenvalue weighted by Gasteiger charge is -2.62. The highest BCUT2D eigenvalue weighted by atomic mass is 32.2. The van der Waals surface area contributed by atoms with E-state index in [0.29, 0.717) is 30.4 Å². The fourth-order valence-electron chi connectivity index (χ4n) is 7.13. The maximum atomic E-state index is 13.2. The third-order valence-corrected chi connectivity index (χ3v) is 9.50. The third kappa shape index (κ3) is 3.94. The van der Waals surface area contributed by atoms with Gasteiger partial charge in [0.25, 0.3) is 0 Å². The van der Waals surface area contributed by atoms with Gasteiger partial charge in [-0.3, -0.25) is 4.79 Å². The van der Waals surface area contributed by atoms with Gasteiger partial charge in [-0.05, 0) is 81.4 Å². The highest BCUT2D eigenvalue weighted by Gasteiger charge is 2.58. The topological polar surface area (TPSA) is 128 Å². The van der Waals surface area contributed by atoms with Gasteiger partial charge < -0.3 is 16.0 Å². The van der Waals surface area contributed by atoms with Crippen molar-refractivity contribution in [3.63, 3.8) is 0 Å². The Bertz CT molecular complexity index is 1050. The minimum absolute atomic E-state index is 0.0358. The van der Waals surface area contributed by atoms with Crippen LogP contribution in [0.1, 0.15) is 56.9 Å². The molecule has 4 saturated carbocycles. The molecule has 0 aromatic heterocycles. The number of nitriles is 1. The summed E-state index contributed by atoms with van der Waals surface area (Å²) in [6, 6.07) is 8.18. The number of carbonyl (C=O) groups excluding carboxylic acids is 1. The second-order valence-corrected chi connectivity index (χ2v) is 12.1. The molecule has 1 aromatic carbocycles. The molecule has 2 unspecified atom stereocenters. The van der Waals surface area contributed by atoms with E-state index in [1.165, 1.54) is 12.1 Å². The van der Waals surface area contributed by atoms with Crippen LogP contribution in [0.2, 0.25) is 0 Å². The van der Waals surface area contributed by atoms with Gasteiger partial charge in [0, 0.05) is 17.6 Å². The van der Waals surface area contributed by atoms with Crippen molar-refractivity contribution in [2.45, 2.75) is 73.5 Å². The molecule has 6 rings (SSSR count). The van der Waals surface area contributed by atoms with Gasteiger partial charge in [0.05, 0.1) is 29.2 Å². The minimum Gasteiger partial charge on any atom is -0.326 e. The van der Waals surface area contributed by atoms with E-state index in [1.807, 2.05) is 6.07 Å². The van der Waals surface area contributed by atoms with Crippen LogP contribution < -0.4 is 15.8 Å². The predicted molar refractivity (Wildman–Crippen MR) is 119 cm³/mol. The second-order valence-electron chi connectivity index (χ2n) is 10.4. The molecule has 4 N–H and O–H groups in total. The van der Waals surface area contributed by atoms with Gasteiger partial charge in [-0.15, -0.1) is 0 Å². The third-order valence-electron chi connectivity index (χ3n) is 7.92. The highest BCUT2D eigenvalue weighted by molar-refractivity contribution is 7.89. The number of hydrogen-bond donors (Lipinski definition) is 3. The smallest absolute Gasteiger partial charge is 0.241 e. The van der Waals surface area contributed by atoms with Crippen molar-refractivity contribution in [1.29, 1.82) is 5.26 Å². The van der Waals surface area contributed by atoms with Gasteiger partial charge in [-0.25, -0.2) is 13.1 Å². The van der Waals surface area contributed by atoms with Gasteiger partial charge >= 0.3 is 0 Å². The van der Waals surface area contributed by atoms with Crippen LogP contribution in [-0.2, 0) is 14.8 Å². The monoisotopic (exact) mass is 457 g/mol. The van der Waals surface area contributed by atoms with Gasteiger partial charge in [-0.1, -0.05) is 6.07 Å². The lowest BCUT2D eigenvalue weighted by atomic mass is 9.50. The van der Waals surface area contributed by atoms with Crippen molar-refractivity contribution >= 4 is 15.9 Å². The van der Waals surface area contributed by atoms with Crippen molar-refractivity contribution in [2.24, 2.45) is 17.6 Å². The number of likely N-dealkylation sites (tertiary alicyclic amines) is 1. The number of sulfonamides is 1. The first-order valence-electron chi connectivity index (χ1n) is 11.6. The maximum absolute atomic E-state index is 13.2. The first-order chi connectivity index (χ1) is 15.2. The fourth-order valence-corrected chi connectivity index (χ4v) is 8.60. The van der Waals surface area contributed by atoms with Crippen molar-refractivity contribution in [2.75, 3.05) is 13.1 Å². The van der Waals surface area contributed by atoms with E-state index < -0.39 is 15.6 Å². The molecule has 1 amide bonds. The molecule has 0 radical (unpaired) electrons. The Morgan fingerprint density at radius 3 is 2.59 bits per heavy atom. The quantitative estimate of drug-likeness (QED) is 0.593. The van der Waals surface area contributed by atoms with Crippen LogP contribution >= 0.6 is 0 Å². The first-order valence-corrected chi connectivity index (χ1v) is 13.0. The number of amides is 1. The Balaban J connectivity index is 1.34. The normalized spacial score (nSPS) is 35.8. The Kier molecular flexibility index (Phi) is 5.32. The summed E-state index contributed by atoms with van der Waals surface area (Å²) in [5, 5.41) is 12.7. The maximum Gasteiger partial charge on any atom is 0.241 e. The molecule has 8 nitrogen and oxygen atoms in total. The molecule has 5 fully saturated rings. The van der Waals surface area contributed by atoms with Crippen LogP contribution in [0.15, 0.2) is 29.2 Å². The van der Waals surface area contributed by atoms with E-state index >= 15 is 0 Å². The fraction of sp³-hybridized carbons (Fsp3) is 0.652. The zero-order chi connectivity index (χ0) is 22.6. The van der Waals surface area contributed by atoms with E-state index in [4.69, 9.17) is 11.0 Å². The summed E-state index contributed by atoms with van der Waals surface area (Å²) in [7, 11) is -3.75. The second kappa shape index (κ2) is 7.80. The van der Waals surface area contributed by atoms with Crippen LogP contribution in [-0.4, -0.2) is 49.6 Å². The van der Waals surface area contributed by atoms with Crippen LogP contribution in [0.5, 0.6) is 0 Å². The van der Waals surface area contributed by atoms with E-state index in [-0.39, 0.29) is 29.1 Å². The number of rotatable bonds is 6. The standard InChI is InChI=1S/C23H31N5O3S/c24-13-16-3-1-4-19(8-16)32(30,31)27-23-11-17-7-18(12-23)10-22(9-17,15-23)26-14-21(29)28-6-2-5-20(28)25/h1,3-4,8,17-18,20,26-27H,2,5-7,9-12,14-15,25H2/t17?,18?,20-,22?,23?/m0/s1. The number of nitrogens with two attached hydrogens (primary N) is 1. The minimum atomic E-state index is -3.75. The Hall–Kier alpha value is -1.99. The Morgan fingerprint density at radius 2 is 1.94 bits per heavy atom. The van der Waals surface area contributed by atoms with E-state index in [0.717, 1.165) is 44.9 Å². The number of nitrogens with zero attached hydrogens (tertiary/aromatic N) is 2. The molecule has 32 heavy (non-hydrogen) atoms. The Labute approximate surface area is 189 Å². The summed E-state index contributed by atoms with van der Waals surface area (Å²) in [4.78, 5) is 14.6. The molecule has 1 saturated heterocycles. The van der Waals surface area contributed by atoms with Gasteiger partial charge in [0.15, 0.2) is 0 Å². The van der Waals surface area contributed by atoms with E-state index in [2.05, 4.69) is 10.0 Å². The first kappa shape index (κ1) is 21.8. The van der Waals surface area contributed by atoms with Gasteiger partial charge in [-0.2, -0.15) is 5.26 Å². The van der Waals surface area contributed by atoms with Crippen LogP contribution in [0.4, 0.5) is 0 Å². The number of nitrogens with one attached hydrogen (secondary N) is 2.